The molecule has 0 atom stereocenters. The average molecular weight is 238 g/mol. The molecule has 0 aliphatic rings. The third-order valence-electron chi connectivity index (χ3n) is 1.87. The molecule has 0 bridgehead atoms. The summed E-state index contributed by atoms with van der Waals surface area (Å²) >= 11 is 2.94. The van der Waals surface area contributed by atoms with Crippen LogP contribution in [0.4, 0.5) is 0 Å². The summed E-state index contributed by atoms with van der Waals surface area (Å²) < 4.78 is 6.43. The van der Waals surface area contributed by atoms with Gasteiger partial charge in [0.05, 0.1) is 0 Å². The van der Waals surface area contributed by atoms with Crippen molar-refractivity contribution in [3.8, 4) is 11.8 Å². The first-order valence-electron chi connectivity index (χ1n) is 4.96. The van der Waals surface area contributed by atoms with Crippen LogP contribution in [0.25, 0.3) is 0 Å². The summed E-state index contributed by atoms with van der Waals surface area (Å²) in [4.78, 5) is 0. The van der Waals surface area contributed by atoms with Crippen LogP contribution in [0.1, 0.15) is 25.3 Å². The molecule has 0 unspecified atom stereocenters. The van der Waals surface area contributed by atoms with E-state index in [2.05, 4.69) is 27.7 Å². The van der Waals surface area contributed by atoms with Gasteiger partial charge in [-0.2, -0.15) is 0 Å². The number of hydrogen-bond acceptors (Lipinski definition) is 1. The zero-order chi connectivity index (χ0) is 10.9. The minimum absolute atomic E-state index is 0.714. The molecule has 1 rings (SSSR count). The van der Waals surface area contributed by atoms with Gasteiger partial charge in [0.15, 0.2) is 0 Å². The molecule has 0 fully saturated rings. The van der Waals surface area contributed by atoms with Crippen molar-refractivity contribution in [1.82, 2.24) is 0 Å². The third-order valence-corrected chi connectivity index (χ3v) is 2.42. The van der Waals surface area contributed by atoms with Crippen LogP contribution in [-0.2, 0) is 20.6 Å². The van der Waals surface area contributed by atoms with Crippen LogP contribution < -0.4 is 0 Å². The predicted molar refractivity (Wildman–Crippen MR) is 59.2 cm³/mol. The standard InChI is InChI=1S/C13H14O.Cr/c1-2-3-4-8-11-14-12-13-9-6-5-7-10-13;/h5-7,9-10H,4,8,11H2,1H3;. The predicted octanol–water partition coefficient (Wildman–Crippen LogP) is 2.53. The van der Waals surface area contributed by atoms with Gasteiger partial charge in [-0.3, -0.25) is 0 Å². The molecular formula is C13H14CrO. The van der Waals surface area contributed by atoms with Gasteiger partial charge in [-0.15, -0.1) is 0 Å². The van der Waals surface area contributed by atoms with Crippen molar-refractivity contribution in [3.05, 3.63) is 35.9 Å². The molecule has 0 heterocycles. The molecule has 1 aromatic rings. The summed E-state index contributed by atoms with van der Waals surface area (Å²) in [5.74, 6) is 5.88. The Labute approximate surface area is 99.4 Å². The molecule has 0 aliphatic heterocycles. The van der Waals surface area contributed by atoms with E-state index in [4.69, 9.17) is 4.74 Å². The molecular weight excluding hydrogens is 224 g/mol. The first-order chi connectivity index (χ1) is 7.34. The van der Waals surface area contributed by atoms with Crippen molar-refractivity contribution >= 4 is 4.57 Å². The Hall–Kier alpha value is -0.858. The summed E-state index contributed by atoms with van der Waals surface area (Å²) in [6.07, 6.45) is 1.87. The van der Waals surface area contributed by atoms with E-state index in [9.17, 15) is 0 Å². The van der Waals surface area contributed by atoms with E-state index >= 15 is 0 Å². The van der Waals surface area contributed by atoms with E-state index < -0.39 is 0 Å². The first-order valence-corrected chi connectivity index (χ1v) is 5.60. The summed E-state index contributed by atoms with van der Waals surface area (Å²) in [6, 6.07) is 10.0. The molecule has 0 N–H and O–H groups in total. The van der Waals surface area contributed by atoms with Gasteiger partial charge >= 0.3 is 99.3 Å². The Balaban J connectivity index is 2.27. The molecule has 0 spiro atoms. The number of benzene rings is 1. The molecule has 0 saturated heterocycles. The Bertz CT molecular complexity index is 359. The van der Waals surface area contributed by atoms with Gasteiger partial charge in [0, 0.05) is 0 Å². The summed E-state index contributed by atoms with van der Waals surface area (Å²) in [7, 11) is 0. The van der Waals surface area contributed by atoms with E-state index in [0.29, 0.717) is 6.61 Å². The van der Waals surface area contributed by atoms with Crippen molar-refractivity contribution in [2.45, 2.75) is 19.8 Å². The molecule has 0 radical (unpaired) electrons. The van der Waals surface area contributed by atoms with E-state index in [0.717, 1.165) is 23.0 Å². The second-order valence-corrected chi connectivity index (χ2v) is 3.61. The van der Waals surface area contributed by atoms with Crippen LogP contribution >= 0.6 is 0 Å². The van der Waals surface area contributed by atoms with Crippen LogP contribution in [0.2, 0.25) is 0 Å². The van der Waals surface area contributed by atoms with Crippen molar-refractivity contribution in [2.75, 3.05) is 6.61 Å². The van der Waals surface area contributed by atoms with E-state index in [1.165, 1.54) is 0 Å². The van der Waals surface area contributed by atoms with Crippen LogP contribution in [0.3, 0.4) is 0 Å². The summed E-state index contributed by atoms with van der Waals surface area (Å²) in [6.45, 7) is 2.57. The number of rotatable bonds is 5. The van der Waals surface area contributed by atoms with Gasteiger partial charge in [0.1, 0.15) is 0 Å². The molecule has 78 valence electrons. The minimum atomic E-state index is 0.714. The van der Waals surface area contributed by atoms with E-state index in [1.54, 1.807) is 0 Å². The number of ether oxygens (including phenoxy) is 1. The topological polar surface area (TPSA) is 9.23 Å². The molecule has 1 aromatic carbocycles. The number of hydrogen-bond donors (Lipinski definition) is 0. The molecule has 1 nitrogen and oxygen atoms in total. The Kier molecular flexibility index (Phi) is 6.05. The van der Waals surface area contributed by atoms with Crippen molar-refractivity contribution < 1.29 is 20.6 Å². The zero-order valence-corrected chi connectivity index (χ0v) is 10.1. The number of unbranched alkanes of at least 4 members (excludes halogenated alkanes) is 1. The maximum atomic E-state index is 5.57. The van der Waals surface area contributed by atoms with Gasteiger partial charge in [0.25, 0.3) is 0 Å². The molecule has 0 aromatic heterocycles. The average Bonchev–Trinajstić information content (AvgIpc) is 2.30. The van der Waals surface area contributed by atoms with Crippen molar-refractivity contribution in [1.29, 1.82) is 0 Å². The second kappa shape index (κ2) is 7.44. The quantitative estimate of drug-likeness (QED) is 0.566. The second-order valence-electron chi connectivity index (χ2n) is 3.03. The van der Waals surface area contributed by atoms with Crippen LogP contribution in [0.15, 0.2) is 30.3 Å². The zero-order valence-electron chi connectivity index (χ0n) is 8.82. The van der Waals surface area contributed by atoms with Crippen molar-refractivity contribution in [3.63, 3.8) is 0 Å². The normalized spacial score (nSPS) is 9.13. The van der Waals surface area contributed by atoms with Gasteiger partial charge in [-0.1, -0.05) is 0 Å². The van der Waals surface area contributed by atoms with Gasteiger partial charge in [-0.05, 0) is 0 Å². The van der Waals surface area contributed by atoms with Crippen LogP contribution in [0, 0.1) is 11.8 Å². The van der Waals surface area contributed by atoms with Crippen LogP contribution in [-0.4, -0.2) is 11.2 Å². The molecule has 15 heavy (non-hydrogen) atoms. The fraction of sp³-hybridized carbons (Fsp3) is 0.308. The Morgan fingerprint density at radius 2 is 2.07 bits per heavy atom. The SMILES string of the molecule is CC#CCCCO[C](=[Cr])c1ccccc1. The molecule has 2 heteroatoms. The van der Waals surface area contributed by atoms with Gasteiger partial charge in [0.2, 0.25) is 0 Å². The monoisotopic (exact) mass is 238 g/mol. The Morgan fingerprint density at radius 3 is 2.73 bits per heavy atom. The Morgan fingerprint density at radius 1 is 1.33 bits per heavy atom. The fourth-order valence-electron chi connectivity index (χ4n) is 1.11. The van der Waals surface area contributed by atoms with E-state index in [1.807, 2.05) is 37.3 Å². The fourth-order valence-corrected chi connectivity index (χ4v) is 1.45. The van der Waals surface area contributed by atoms with E-state index in [-0.39, 0.29) is 0 Å². The first kappa shape index (κ1) is 12.2. The molecule has 0 saturated carbocycles. The maximum absolute atomic E-state index is 5.57. The summed E-state index contributed by atoms with van der Waals surface area (Å²) in [5.41, 5.74) is 1.10. The molecule has 0 aliphatic carbocycles. The summed E-state index contributed by atoms with van der Waals surface area (Å²) in [5, 5.41) is 0. The molecule has 0 amide bonds. The van der Waals surface area contributed by atoms with Gasteiger partial charge in [-0.25, -0.2) is 0 Å². The van der Waals surface area contributed by atoms with Crippen LogP contribution in [0.5, 0.6) is 0 Å². The van der Waals surface area contributed by atoms with Gasteiger partial charge < -0.3 is 0 Å². The van der Waals surface area contributed by atoms with Crippen molar-refractivity contribution in [2.24, 2.45) is 0 Å². The third kappa shape index (κ3) is 4.96.